The molecule has 1 atom stereocenters. The van der Waals surface area contributed by atoms with Gasteiger partial charge in [-0.3, -0.25) is 9.59 Å². The number of carbonyl (C=O) groups is 2. The first-order valence-corrected chi connectivity index (χ1v) is 9.32. The molecule has 2 aromatic rings. The molecule has 1 saturated carbocycles. The Balaban J connectivity index is 1.70. The molecule has 0 heterocycles. The monoisotopic (exact) mass is 373 g/mol. The Labute approximate surface area is 155 Å². The van der Waals surface area contributed by atoms with Crippen LogP contribution in [0, 0.1) is 5.82 Å². The van der Waals surface area contributed by atoms with Crippen LogP contribution in [0.15, 0.2) is 53.4 Å². The van der Waals surface area contributed by atoms with Gasteiger partial charge in [0.1, 0.15) is 11.1 Å². The van der Waals surface area contributed by atoms with Gasteiger partial charge in [0, 0.05) is 16.9 Å². The normalized spacial score (nSPS) is 15.9. The number of rotatable bonds is 7. The molecule has 1 unspecified atom stereocenters. The molecule has 6 heteroatoms. The van der Waals surface area contributed by atoms with Gasteiger partial charge in [-0.15, -0.1) is 11.8 Å². The maximum atomic E-state index is 13.5. The lowest BCUT2D eigenvalue weighted by molar-refractivity contribution is -0.136. The van der Waals surface area contributed by atoms with Crippen molar-refractivity contribution in [2.45, 2.75) is 35.3 Å². The number of nitrogens with one attached hydrogen (secondary N) is 1. The van der Waals surface area contributed by atoms with Crippen molar-refractivity contribution in [3.05, 3.63) is 65.5 Å². The number of hydrogen-bond donors (Lipinski definition) is 2. The molecule has 3 rings (SSSR count). The molecule has 0 spiro atoms. The Morgan fingerprint density at radius 3 is 2.62 bits per heavy atom. The van der Waals surface area contributed by atoms with E-state index in [1.807, 2.05) is 6.07 Å². The van der Waals surface area contributed by atoms with Crippen LogP contribution in [-0.2, 0) is 10.2 Å². The highest BCUT2D eigenvalue weighted by molar-refractivity contribution is 8.00. The maximum Gasteiger partial charge on any atom is 0.316 e. The summed E-state index contributed by atoms with van der Waals surface area (Å²) in [7, 11) is 0. The third kappa shape index (κ3) is 4.07. The number of carboxylic acids is 1. The van der Waals surface area contributed by atoms with E-state index in [9.17, 15) is 14.0 Å². The number of benzene rings is 2. The Morgan fingerprint density at radius 2 is 1.96 bits per heavy atom. The van der Waals surface area contributed by atoms with Gasteiger partial charge < -0.3 is 10.4 Å². The lowest BCUT2D eigenvalue weighted by Gasteiger charge is -2.18. The van der Waals surface area contributed by atoms with Crippen LogP contribution in [0.5, 0.6) is 0 Å². The third-order valence-electron chi connectivity index (χ3n) is 4.66. The predicted octanol–water partition coefficient (Wildman–Crippen LogP) is 3.85. The van der Waals surface area contributed by atoms with E-state index in [0.29, 0.717) is 17.0 Å². The van der Waals surface area contributed by atoms with Crippen molar-refractivity contribution >= 4 is 23.6 Å². The summed E-state index contributed by atoms with van der Waals surface area (Å²) in [5.41, 5.74) is 1.16. The fraction of sp³-hybridized carbons (Fsp3) is 0.300. The molecule has 1 aliphatic carbocycles. The topological polar surface area (TPSA) is 66.4 Å². The largest absolute Gasteiger partial charge is 0.480 e. The van der Waals surface area contributed by atoms with Gasteiger partial charge in [-0.05, 0) is 49.6 Å². The van der Waals surface area contributed by atoms with Crippen LogP contribution in [0.4, 0.5) is 4.39 Å². The quantitative estimate of drug-likeness (QED) is 0.724. The minimum absolute atomic E-state index is 0.200. The highest BCUT2D eigenvalue weighted by atomic mass is 32.2. The van der Waals surface area contributed by atoms with Gasteiger partial charge in [0.15, 0.2) is 0 Å². The van der Waals surface area contributed by atoms with E-state index in [2.05, 4.69) is 5.32 Å². The highest BCUT2D eigenvalue weighted by Gasteiger charge is 2.44. The number of halogens is 1. The van der Waals surface area contributed by atoms with Crippen molar-refractivity contribution in [1.82, 2.24) is 5.32 Å². The van der Waals surface area contributed by atoms with Crippen molar-refractivity contribution in [3.8, 4) is 0 Å². The molecular weight excluding hydrogens is 353 g/mol. The molecule has 1 fully saturated rings. The highest BCUT2D eigenvalue weighted by Crippen LogP contribution is 2.47. The summed E-state index contributed by atoms with van der Waals surface area (Å²) in [5, 5.41) is 11.4. The zero-order valence-corrected chi connectivity index (χ0v) is 15.2. The van der Waals surface area contributed by atoms with E-state index >= 15 is 0 Å². The summed E-state index contributed by atoms with van der Waals surface area (Å²) in [5.74, 6) is -1.44. The fourth-order valence-corrected chi connectivity index (χ4v) is 3.81. The summed E-state index contributed by atoms with van der Waals surface area (Å²) >= 11 is 1.14. The summed E-state index contributed by atoms with van der Waals surface area (Å²) < 4.78 is 13.5. The lowest BCUT2D eigenvalue weighted by atomic mass is 9.95. The molecule has 1 amide bonds. The Kier molecular flexibility index (Phi) is 5.32. The molecule has 0 saturated heterocycles. The molecular formula is C20H20FNO3S. The molecule has 0 aromatic heterocycles. The lowest BCUT2D eigenvalue weighted by Crippen LogP contribution is -2.32. The zero-order valence-electron chi connectivity index (χ0n) is 14.4. The summed E-state index contributed by atoms with van der Waals surface area (Å²) in [6.07, 6.45) is 1.81. The second-order valence-electron chi connectivity index (χ2n) is 6.57. The van der Waals surface area contributed by atoms with Gasteiger partial charge >= 0.3 is 5.97 Å². The third-order valence-corrected chi connectivity index (χ3v) is 5.83. The van der Waals surface area contributed by atoms with E-state index in [1.165, 1.54) is 12.1 Å². The van der Waals surface area contributed by atoms with Crippen LogP contribution in [-0.4, -0.2) is 28.8 Å². The standard InChI is InChI=1S/C20H20FNO3S/c1-13(19(24)25)26-17-8-3-2-7-16(17)18(23)22-12-20(9-10-20)14-5-4-6-15(21)11-14/h2-8,11,13H,9-10,12H2,1H3,(H,22,23)(H,24,25). The molecule has 0 radical (unpaired) electrons. The average molecular weight is 373 g/mol. The van der Waals surface area contributed by atoms with Crippen LogP contribution in [0.2, 0.25) is 0 Å². The summed E-state index contributed by atoms with van der Waals surface area (Å²) in [4.78, 5) is 24.4. The van der Waals surface area contributed by atoms with Crippen LogP contribution in [0.1, 0.15) is 35.7 Å². The Hall–Kier alpha value is -2.34. The Bertz CT molecular complexity index is 835. The molecule has 0 aliphatic heterocycles. The average Bonchev–Trinajstić information content (AvgIpc) is 3.41. The minimum Gasteiger partial charge on any atom is -0.480 e. The number of carboxylic acid groups (broad SMARTS) is 1. The second kappa shape index (κ2) is 7.50. The first-order valence-electron chi connectivity index (χ1n) is 8.44. The van der Waals surface area contributed by atoms with Crippen LogP contribution in [0.3, 0.4) is 0 Å². The number of thioether (sulfide) groups is 1. The van der Waals surface area contributed by atoms with Crippen LogP contribution < -0.4 is 5.32 Å². The van der Waals surface area contributed by atoms with Crippen LogP contribution >= 0.6 is 11.8 Å². The van der Waals surface area contributed by atoms with Crippen molar-refractivity contribution in [1.29, 1.82) is 0 Å². The molecule has 2 N–H and O–H groups in total. The number of aliphatic carboxylic acids is 1. The van der Waals surface area contributed by atoms with Gasteiger partial charge in [0.25, 0.3) is 5.91 Å². The van der Waals surface area contributed by atoms with Crippen molar-refractivity contribution in [2.75, 3.05) is 6.54 Å². The Morgan fingerprint density at radius 1 is 1.23 bits per heavy atom. The van der Waals surface area contributed by atoms with Gasteiger partial charge in [0.2, 0.25) is 0 Å². The van der Waals surface area contributed by atoms with E-state index in [1.54, 1.807) is 37.3 Å². The maximum absolute atomic E-state index is 13.5. The molecule has 0 bridgehead atoms. The number of hydrogen-bond acceptors (Lipinski definition) is 3. The first kappa shape index (κ1) is 18.5. The summed E-state index contributed by atoms with van der Waals surface area (Å²) in [6, 6.07) is 13.5. The van der Waals surface area contributed by atoms with Crippen molar-refractivity contribution in [2.24, 2.45) is 0 Å². The first-order chi connectivity index (χ1) is 12.4. The fourth-order valence-electron chi connectivity index (χ4n) is 2.88. The van der Waals surface area contributed by atoms with Gasteiger partial charge in [0.05, 0.1) is 5.56 Å². The van der Waals surface area contributed by atoms with E-state index < -0.39 is 11.2 Å². The van der Waals surface area contributed by atoms with E-state index in [0.717, 1.165) is 30.2 Å². The van der Waals surface area contributed by atoms with E-state index in [4.69, 9.17) is 5.11 Å². The molecule has 26 heavy (non-hydrogen) atoms. The van der Waals surface area contributed by atoms with Crippen molar-refractivity contribution in [3.63, 3.8) is 0 Å². The van der Waals surface area contributed by atoms with Gasteiger partial charge in [-0.2, -0.15) is 0 Å². The smallest absolute Gasteiger partial charge is 0.316 e. The number of carbonyl (C=O) groups excluding carboxylic acids is 1. The minimum atomic E-state index is -0.923. The van der Waals surface area contributed by atoms with E-state index in [-0.39, 0.29) is 17.1 Å². The SMILES string of the molecule is CC(Sc1ccccc1C(=O)NCC1(c2cccc(F)c2)CC1)C(=O)O. The van der Waals surface area contributed by atoms with Crippen molar-refractivity contribution < 1.29 is 19.1 Å². The van der Waals surface area contributed by atoms with Gasteiger partial charge in [-0.25, -0.2) is 4.39 Å². The molecule has 2 aromatic carbocycles. The molecule has 4 nitrogen and oxygen atoms in total. The zero-order chi connectivity index (χ0) is 18.7. The summed E-state index contributed by atoms with van der Waals surface area (Å²) in [6.45, 7) is 2.02. The van der Waals surface area contributed by atoms with Crippen LogP contribution in [0.25, 0.3) is 0 Å². The number of amides is 1. The van der Waals surface area contributed by atoms with Gasteiger partial charge in [-0.1, -0.05) is 24.3 Å². The molecule has 136 valence electrons. The molecule has 1 aliphatic rings. The predicted molar refractivity (Wildman–Crippen MR) is 99.0 cm³/mol. The second-order valence-corrected chi connectivity index (χ2v) is 7.95.